The summed E-state index contributed by atoms with van der Waals surface area (Å²) in [7, 11) is 0. The van der Waals surface area contributed by atoms with Gasteiger partial charge in [-0.05, 0) is 19.3 Å². The van der Waals surface area contributed by atoms with Gasteiger partial charge in [0.15, 0.2) is 0 Å². The highest BCUT2D eigenvalue weighted by atomic mass is 16.5. The van der Waals surface area contributed by atoms with E-state index in [4.69, 9.17) is 9.84 Å². The lowest BCUT2D eigenvalue weighted by Gasteiger charge is -2.19. The minimum Gasteiger partial charge on any atom is -0.465 e. The maximum Gasteiger partial charge on any atom is 0.408 e. The number of carbonyl (C=O) groups excluding carboxylic acids is 1. The molecule has 5 nitrogen and oxygen atoms in total. The second kappa shape index (κ2) is 5.38. The van der Waals surface area contributed by atoms with Gasteiger partial charge in [-0.3, -0.25) is 4.90 Å². The number of ether oxygens (including phenoxy) is 1. The summed E-state index contributed by atoms with van der Waals surface area (Å²) >= 11 is 0. The quantitative estimate of drug-likeness (QED) is 0.433. The fraction of sp³-hybridized carbons (Fsp3) is 0.600. The van der Waals surface area contributed by atoms with Gasteiger partial charge in [-0.15, -0.1) is 6.58 Å². The van der Waals surface area contributed by atoms with Gasteiger partial charge in [0.2, 0.25) is 0 Å². The molecule has 1 unspecified atom stereocenters. The lowest BCUT2D eigenvalue weighted by Crippen LogP contribution is -2.40. The number of amides is 1. The summed E-state index contributed by atoms with van der Waals surface area (Å²) in [4.78, 5) is 23.4. The van der Waals surface area contributed by atoms with Crippen LogP contribution in [0.1, 0.15) is 19.3 Å². The first-order valence-electron chi connectivity index (χ1n) is 4.94. The molecular weight excluding hydrogens is 198 g/mol. The summed E-state index contributed by atoms with van der Waals surface area (Å²) in [6.45, 7) is 4.19. The lowest BCUT2D eigenvalue weighted by atomic mass is 10.2. The number of rotatable bonds is 4. The zero-order chi connectivity index (χ0) is 11.3. The summed E-state index contributed by atoms with van der Waals surface area (Å²) in [6.07, 6.45) is 2.45. The molecule has 0 aliphatic carbocycles. The molecule has 0 saturated carbocycles. The summed E-state index contributed by atoms with van der Waals surface area (Å²) in [5.41, 5.74) is 0. The molecule has 0 aromatic rings. The third-order valence-corrected chi connectivity index (χ3v) is 2.34. The van der Waals surface area contributed by atoms with E-state index in [9.17, 15) is 9.59 Å². The Morgan fingerprint density at radius 1 is 1.60 bits per heavy atom. The Hall–Kier alpha value is -1.52. The SMILES string of the molecule is C=CCCOC(=O)C1CCCN1C(=O)O. The molecule has 1 atom stereocenters. The van der Waals surface area contributed by atoms with Crippen LogP contribution >= 0.6 is 0 Å². The van der Waals surface area contributed by atoms with E-state index in [2.05, 4.69) is 6.58 Å². The van der Waals surface area contributed by atoms with Crippen molar-refractivity contribution in [2.24, 2.45) is 0 Å². The summed E-state index contributed by atoms with van der Waals surface area (Å²) in [6, 6.07) is -0.618. The second-order valence-electron chi connectivity index (χ2n) is 3.38. The molecule has 1 aliphatic heterocycles. The lowest BCUT2D eigenvalue weighted by molar-refractivity contribution is -0.148. The molecule has 0 aromatic heterocycles. The van der Waals surface area contributed by atoms with E-state index >= 15 is 0 Å². The first-order chi connectivity index (χ1) is 7.16. The van der Waals surface area contributed by atoms with E-state index < -0.39 is 18.1 Å². The van der Waals surface area contributed by atoms with Gasteiger partial charge in [0.05, 0.1) is 6.61 Å². The normalized spacial score (nSPS) is 20.0. The zero-order valence-corrected chi connectivity index (χ0v) is 8.52. The van der Waals surface area contributed by atoms with Gasteiger partial charge in [0.25, 0.3) is 0 Å². The molecule has 15 heavy (non-hydrogen) atoms. The molecule has 1 amide bonds. The van der Waals surface area contributed by atoms with Crippen LogP contribution in [0.5, 0.6) is 0 Å². The van der Waals surface area contributed by atoms with Crippen molar-refractivity contribution in [3.05, 3.63) is 12.7 Å². The van der Waals surface area contributed by atoms with Crippen molar-refractivity contribution >= 4 is 12.1 Å². The van der Waals surface area contributed by atoms with Crippen LogP contribution in [0.2, 0.25) is 0 Å². The minimum absolute atomic E-state index is 0.270. The van der Waals surface area contributed by atoms with Crippen LogP contribution in [0, 0.1) is 0 Å². The Labute approximate surface area is 88.3 Å². The van der Waals surface area contributed by atoms with Crippen molar-refractivity contribution in [3.63, 3.8) is 0 Å². The Morgan fingerprint density at radius 2 is 2.33 bits per heavy atom. The number of carboxylic acid groups (broad SMARTS) is 1. The fourth-order valence-electron chi connectivity index (χ4n) is 1.58. The third-order valence-electron chi connectivity index (χ3n) is 2.34. The Morgan fingerprint density at radius 3 is 2.93 bits per heavy atom. The molecule has 1 saturated heterocycles. The van der Waals surface area contributed by atoms with Gasteiger partial charge in [-0.1, -0.05) is 6.08 Å². The van der Waals surface area contributed by atoms with Gasteiger partial charge in [0, 0.05) is 6.54 Å². The number of nitrogens with zero attached hydrogens (tertiary/aromatic N) is 1. The molecule has 0 bridgehead atoms. The van der Waals surface area contributed by atoms with Gasteiger partial charge in [-0.2, -0.15) is 0 Å². The van der Waals surface area contributed by atoms with Gasteiger partial charge >= 0.3 is 12.1 Å². The molecule has 1 N–H and O–H groups in total. The second-order valence-corrected chi connectivity index (χ2v) is 3.38. The van der Waals surface area contributed by atoms with Gasteiger partial charge in [-0.25, -0.2) is 9.59 Å². The van der Waals surface area contributed by atoms with Crippen LogP contribution in [-0.2, 0) is 9.53 Å². The highest BCUT2D eigenvalue weighted by Gasteiger charge is 2.34. The van der Waals surface area contributed by atoms with Crippen molar-refractivity contribution in [2.75, 3.05) is 13.2 Å². The molecule has 5 heteroatoms. The summed E-state index contributed by atoms with van der Waals surface area (Å²) in [5.74, 6) is -0.447. The fourth-order valence-corrected chi connectivity index (χ4v) is 1.58. The van der Waals surface area contributed by atoms with E-state index in [0.29, 0.717) is 25.8 Å². The average Bonchev–Trinajstić information content (AvgIpc) is 2.66. The molecule has 84 valence electrons. The van der Waals surface area contributed by atoms with Gasteiger partial charge < -0.3 is 9.84 Å². The highest BCUT2D eigenvalue weighted by Crippen LogP contribution is 2.18. The van der Waals surface area contributed by atoms with Crippen molar-refractivity contribution in [2.45, 2.75) is 25.3 Å². The largest absolute Gasteiger partial charge is 0.465 e. The van der Waals surface area contributed by atoms with Crippen LogP contribution in [0.15, 0.2) is 12.7 Å². The average molecular weight is 213 g/mol. The topological polar surface area (TPSA) is 66.8 Å². The number of esters is 1. The smallest absolute Gasteiger partial charge is 0.408 e. The Bertz CT molecular complexity index is 264. The number of carbonyl (C=O) groups is 2. The molecule has 1 heterocycles. The minimum atomic E-state index is -1.06. The van der Waals surface area contributed by atoms with Crippen molar-refractivity contribution in [1.29, 1.82) is 0 Å². The molecule has 1 rings (SSSR count). The first kappa shape index (κ1) is 11.6. The zero-order valence-electron chi connectivity index (χ0n) is 8.52. The number of hydrogen-bond acceptors (Lipinski definition) is 3. The molecule has 1 aliphatic rings. The molecule has 0 aromatic carbocycles. The molecule has 0 spiro atoms. The summed E-state index contributed by atoms with van der Waals surface area (Å²) < 4.78 is 4.93. The van der Waals surface area contributed by atoms with Crippen LogP contribution in [-0.4, -0.2) is 41.3 Å². The van der Waals surface area contributed by atoms with Crippen LogP contribution in [0.3, 0.4) is 0 Å². The third kappa shape index (κ3) is 2.97. The molecular formula is C10H15NO4. The summed E-state index contributed by atoms with van der Waals surface area (Å²) in [5, 5.41) is 8.81. The van der Waals surface area contributed by atoms with E-state index in [1.165, 1.54) is 0 Å². The molecule has 0 radical (unpaired) electrons. The number of likely N-dealkylation sites (tertiary alicyclic amines) is 1. The van der Waals surface area contributed by atoms with E-state index in [1.807, 2.05) is 0 Å². The van der Waals surface area contributed by atoms with Crippen molar-refractivity contribution < 1.29 is 19.4 Å². The van der Waals surface area contributed by atoms with Crippen molar-refractivity contribution in [3.8, 4) is 0 Å². The van der Waals surface area contributed by atoms with Crippen LogP contribution < -0.4 is 0 Å². The Balaban J connectivity index is 2.43. The standard InChI is InChI=1S/C10H15NO4/c1-2-3-7-15-9(12)8-5-4-6-11(8)10(13)14/h2,8H,1,3-7H2,(H,13,14). The van der Waals surface area contributed by atoms with Crippen molar-refractivity contribution in [1.82, 2.24) is 4.90 Å². The predicted molar refractivity (Wildman–Crippen MR) is 53.5 cm³/mol. The van der Waals surface area contributed by atoms with Gasteiger partial charge in [0.1, 0.15) is 6.04 Å². The number of hydrogen-bond donors (Lipinski definition) is 1. The predicted octanol–water partition coefficient (Wildman–Crippen LogP) is 1.25. The maximum absolute atomic E-state index is 11.5. The van der Waals surface area contributed by atoms with E-state index in [0.717, 1.165) is 4.90 Å². The monoisotopic (exact) mass is 213 g/mol. The maximum atomic E-state index is 11.5. The molecule has 1 fully saturated rings. The van der Waals surface area contributed by atoms with Crippen LogP contribution in [0.4, 0.5) is 4.79 Å². The van der Waals surface area contributed by atoms with E-state index in [1.54, 1.807) is 6.08 Å². The first-order valence-corrected chi connectivity index (χ1v) is 4.94. The van der Waals surface area contributed by atoms with Crippen LogP contribution in [0.25, 0.3) is 0 Å². The highest BCUT2D eigenvalue weighted by molar-refractivity contribution is 5.81. The van der Waals surface area contributed by atoms with E-state index in [-0.39, 0.29) is 6.61 Å². The Kier molecular flexibility index (Phi) is 4.15.